The van der Waals surface area contributed by atoms with Crippen molar-refractivity contribution >= 4 is 12.0 Å². The molecule has 2 saturated heterocycles. The summed E-state index contributed by atoms with van der Waals surface area (Å²) in [5, 5.41) is 4.29. The van der Waals surface area contributed by atoms with E-state index in [0.717, 1.165) is 24.2 Å². The number of fused-ring (bicyclic) bond motifs is 1. The molecule has 7 heteroatoms. The van der Waals surface area contributed by atoms with Gasteiger partial charge < -0.3 is 14.5 Å². The Morgan fingerprint density at radius 2 is 2.00 bits per heavy atom. The van der Waals surface area contributed by atoms with Crippen molar-refractivity contribution in [3.63, 3.8) is 0 Å². The van der Waals surface area contributed by atoms with Crippen molar-refractivity contribution in [2.75, 3.05) is 19.6 Å². The van der Waals surface area contributed by atoms with Crippen molar-refractivity contribution in [2.45, 2.75) is 45.8 Å². The fourth-order valence-electron chi connectivity index (χ4n) is 4.11. The quantitative estimate of drug-likeness (QED) is 0.781. The molecule has 2 aliphatic rings. The number of aromatic nitrogens is 2. The molecule has 7 nitrogen and oxygen atoms in total. The summed E-state index contributed by atoms with van der Waals surface area (Å²) < 4.78 is 7.24. The number of ether oxygens (including phenoxy) is 1. The van der Waals surface area contributed by atoms with E-state index in [1.165, 1.54) is 0 Å². The zero-order valence-electron chi connectivity index (χ0n) is 17.5. The maximum atomic E-state index is 13.4. The van der Waals surface area contributed by atoms with Gasteiger partial charge in [0, 0.05) is 37.9 Å². The van der Waals surface area contributed by atoms with Crippen molar-refractivity contribution < 1.29 is 14.3 Å². The number of carbonyl (C=O) groups is 2. The number of amides is 2. The van der Waals surface area contributed by atoms with Crippen LogP contribution in [0.1, 0.15) is 43.1 Å². The lowest BCUT2D eigenvalue weighted by molar-refractivity contribution is -0.0385. The summed E-state index contributed by atoms with van der Waals surface area (Å²) in [5.74, 6) is 0.432. The van der Waals surface area contributed by atoms with Crippen LogP contribution in [-0.4, -0.2) is 62.9 Å². The second kappa shape index (κ2) is 7.21. The van der Waals surface area contributed by atoms with Crippen LogP contribution in [-0.2, 0) is 4.74 Å². The largest absolute Gasteiger partial charge is 0.444 e. The minimum Gasteiger partial charge on any atom is -0.444 e. The average molecular weight is 396 g/mol. The molecule has 4 rings (SSSR count). The summed E-state index contributed by atoms with van der Waals surface area (Å²) in [6.45, 7) is 9.52. The predicted molar refractivity (Wildman–Crippen MR) is 109 cm³/mol. The van der Waals surface area contributed by atoms with Gasteiger partial charge in [0.05, 0.1) is 17.3 Å². The van der Waals surface area contributed by atoms with Gasteiger partial charge in [0.15, 0.2) is 0 Å². The monoisotopic (exact) mass is 396 g/mol. The molecular weight excluding hydrogens is 368 g/mol. The normalized spacial score (nSPS) is 21.4. The van der Waals surface area contributed by atoms with Gasteiger partial charge in [-0.25, -0.2) is 9.48 Å². The minimum absolute atomic E-state index is 0.00788. The molecule has 2 atom stereocenters. The first kappa shape index (κ1) is 19.5. The van der Waals surface area contributed by atoms with Gasteiger partial charge in [0.25, 0.3) is 5.91 Å². The summed E-state index contributed by atoms with van der Waals surface area (Å²) in [6, 6.07) is 7.71. The molecule has 2 fully saturated rings. The fraction of sp³-hybridized carbons (Fsp3) is 0.500. The number of aryl methyl sites for hydroxylation is 1. The van der Waals surface area contributed by atoms with Gasteiger partial charge in [-0.1, -0.05) is 11.6 Å². The summed E-state index contributed by atoms with van der Waals surface area (Å²) in [4.78, 5) is 29.5. The maximum absolute atomic E-state index is 13.4. The number of carbonyl (C=O) groups excluding carboxylic acids is 2. The van der Waals surface area contributed by atoms with E-state index in [1.54, 1.807) is 15.8 Å². The van der Waals surface area contributed by atoms with Gasteiger partial charge in [-0.3, -0.25) is 4.79 Å². The van der Waals surface area contributed by atoms with Crippen molar-refractivity contribution in [3.05, 3.63) is 47.8 Å². The van der Waals surface area contributed by atoms with Crippen LogP contribution in [0.15, 0.2) is 36.7 Å². The Labute approximate surface area is 171 Å². The Kier molecular flexibility index (Phi) is 4.84. The number of nitrogens with zero attached hydrogens (tertiary/aromatic N) is 4. The molecule has 154 valence electrons. The number of hydrogen-bond donors (Lipinski definition) is 0. The lowest BCUT2D eigenvalue weighted by Crippen LogP contribution is -2.66. The minimum atomic E-state index is -0.525. The molecule has 0 saturated carbocycles. The summed E-state index contributed by atoms with van der Waals surface area (Å²) >= 11 is 0. The van der Waals surface area contributed by atoms with E-state index in [4.69, 9.17) is 4.74 Å². The smallest absolute Gasteiger partial charge is 0.410 e. The van der Waals surface area contributed by atoms with Crippen LogP contribution in [0, 0.1) is 12.8 Å². The highest BCUT2D eigenvalue weighted by Crippen LogP contribution is 2.35. The molecule has 2 aromatic rings. The zero-order valence-corrected chi connectivity index (χ0v) is 17.5. The standard InChI is InChI=1S/C22H28N4O3/c1-15-6-7-18(26-10-5-9-23-26)17(12-15)20(27)25-13-16-8-11-24(14-19(16)25)21(28)29-22(2,3)4/h5-7,9-10,12,16,19H,8,11,13-14H2,1-4H3/t16-,19-/m0/s1. The Morgan fingerprint density at radius 1 is 1.21 bits per heavy atom. The predicted octanol–water partition coefficient (Wildman–Crippen LogP) is 3.26. The molecule has 0 spiro atoms. The molecular formula is C22H28N4O3. The van der Waals surface area contributed by atoms with Gasteiger partial charge in [-0.15, -0.1) is 0 Å². The van der Waals surface area contributed by atoms with E-state index in [9.17, 15) is 9.59 Å². The van der Waals surface area contributed by atoms with Gasteiger partial charge in [-0.05, 0) is 52.3 Å². The van der Waals surface area contributed by atoms with Gasteiger partial charge in [-0.2, -0.15) is 5.10 Å². The Morgan fingerprint density at radius 3 is 2.69 bits per heavy atom. The highest BCUT2D eigenvalue weighted by molar-refractivity contribution is 5.98. The molecule has 0 N–H and O–H groups in total. The van der Waals surface area contributed by atoms with E-state index in [1.807, 2.05) is 63.1 Å². The van der Waals surface area contributed by atoms with E-state index >= 15 is 0 Å². The second-order valence-electron chi connectivity index (χ2n) is 8.97. The van der Waals surface area contributed by atoms with Crippen LogP contribution >= 0.6 is 0 Å². The van der Waals surface area contributed by atoms with Crippen LogP contribution in [0.4, 0.5) is 4.79 Å². The van der Waals surface area contributed by atoms with Crippen LogP contribution in [0.25, 0.3) is 5.69 Å². The van der Waals surface area contributed by atoms with Crippen molar-refractivity contribution in [3.8, 4) is 5.69 Å². The van der Waals surface area contributed by atoms with Crippen LogP contribution in [0.3, 0.4) is 0 Å². The molecule has 2 aliphatic heterocycles. The second-order valence-corrected chi connectivity index (χ2v) is 8.97. The third-order valence-electron chi connectivity index (χ3n) is 5.60. The summed E-state index contributed by atoms with van der Waals surface area (Å²) in [6.07, 6.45) is 4.13. The molecule has 0 radical (unpaired) electrons. The van der Waals surface area contributed by atoms with Crippen molar-refractivity contribution in [2.24, 2.45) is 5.92 Å². The van der Waals surface area contributed by atoms with Crippen LogP contribution in [0.2, 0.25) is 0 Å². The van der Waals surface area contributed by atoms with Crippen molar-refractivity contribution in [1.29, 1.82) is 0 Å². The third kappa shape index (κ3) is 3.86. The number of likely N-dealkylation sites (tertiary alicyclic amines) is 2. The molecule has 0 aliphatic carbocycles. The molecule has 1 aromatic heterocycles. The van der Waals surface area contributed by atoms with E-state index in [-0.39, 0.29) is 18.0 Å². The number of piperidine rings is 1. The highest BCUT2D eigenvalue weighted by Gasteiger charge is 2.47. The first-order chi connectivity index (χ1) is 13.7. The highest BCUT2D eigenvalue weighted by atomic mass is 16.6. The SMILES string of the molecule is Cc1ccc(-n2cccn2)c(C(=O)N2C[C@@H]3CCN(C(=O)OC(C)(C)C)C[C@@H]32)c1. The Hall–Kier alpha value is -2.83. The van der Waals surface area contributed by atoms with E-state index in [0.29, 0.717) is 24.6 Å². The molecule has 29 heavy (non-hydrogen) atoms. The molecule has 3 heterocycles. The van der Waals surface area contributed by atoms with Crippen molar-refractivity contribution in [1.82, 2.24) is 19.6 Å². The summed E-state index contributed by atoms with van der Waals surface area (Å²) in [5.41, 5.74) is 1.92. The topological polar surface area (TPSA) is 67.7 Å². The molecule has 2 amide bonds. The Bertz CT molecular complexity index is 917. The van der Waals surface area contributed by atoms with E-state index in [2.05, 4.69) is 5.10 Å². The summed E-state index contributed by atoms with van der Waals surface area (Å²) in [7, 11) is 0. The lowest BCUT2D eigenvalue weighted by Gasteiger charge is -2.53. The third-order valence-corrected chi connectivity index (χ3v) is 5.60. The first-order valence-electron chi connectivity index (χ1n) is 10.1. The fourth-order valence-corrected chi connectivity index (χ4v) is 4.11. The zero-order chi connectivity index (χ0) is 20.8. The Balaban J connectivity index is 1.53. The number of hydrogen-bond acceptors (Lipinski definition) is 4. The maximum Gasteiger partial charge on any atom is 0.410 e. The van der Waals surface area contributed by atoms with Crippen LogP contribution in [0.5, 0.6) is 0 Å². The van der Waals surface area contributed by atoms with E-state index < -0.39 is 5.60 Å². The molecule has 0 unspecified atom stereocenters. The lowest BCUT2D eigenvalue weighted by atomic mass is 9.81. The average Bonchev–Trinajstić information content (AvgIpc) is 3.15. The first-order valence-corrected chi connectivity index (χ1v) is 10.1. The van der Waals surface area contributed by atoms with Gasteiger partial charge >= 0.3 is 6.09 Å². The van der Waals surface area contributed by atoms with Gasteiger partial charge in [0.1, 0.15) is 5.60 Å². The number of rotatable bonds is 2. The van der Waals surface area contributed by atoms with Gasteiger partial charge in [0.2, 0.25) is 0 Å². The molecule has 0 bridgehead atoms. The number of benzene rings is 1. The molecule has 1 aromatic carbocycles. The van der Waals surface area contributed by atoms with Crippen LogP contribution < -0.4 is 0 Å².